The van der Waals surface area contributed by atoms with Gasteiger partial charge in [0.15, 0.2) is 0 Å². The van der Waals surface area contributed by atoms with Gasteiger partial charge in [0.2, 0.25) is 0 Å². The first kappa shape index (κ1) is 27.2. The molecule has 0 aromatic rings. The molecule has 0 aromatic heterocycles. The Labute approximate surface area is 201 Å². The van der Waals surface area contributed by atoms with Gasteiger partial charge in [-0.15, -0.1) is 0 Å². The molecule has 0 spiro atoms. The Morgan fingerprint density at radius 3 is 1.27 bits per heavy atom. The van der Waals surface area contributed by atoms with E-state index >= 15 is 0 Å². The molecule has 0 radical (unpaired) electrons. The molecule has 1 aliphatic heterocycles. The second-order valence-electron chi connectivity index (χ2n) is 4.98. The van der Waals surface area contributed by atoms with E-state index in [1.165, 1.54) is 4.67 Å². The van der Waals surface area contributed by atoms with Crippen molar-refractivity contribution in [2.75, 3.05) is 46.1 Å². The molecule has 0 saturated carbocycles. The van der Waals surface area contributed by atoms with Crippen molar-refractivity contribution < 1.29 is 18.3 Å². The molecule has 158 valence electrons. The average molecular weight is 598 g/mol. The van der Waals surface area contributed by atoms with Crippen molar-refractivity contribution in [2.45, 2.75) is 11.4 Å². The fourth-order valence-corrected chi connectivity index (χ4v) is 6.57. The Morgan fingerprint density at radius 2 is 1.00 bits per heavy atom. The van der Waals surface area contributed by atoms with Gasteiger partial charge in [-0.3, -0.25) is 0 Å². The summed E-state index contributed by atoms with van der Waals surface area (Å²) in [6.07, 6.45) is 0. The van der Waals surface area contributed by atoms with Crippen LogP contribution in [0.1, 0.15) is 0 Å². The summed E-state index contributed by atoms with van der Waals surface area (Å²) in [5.41, 5.74) is 0. The molecule has 16 heteroatoms. The van der Waals surface area contributed by atoms with Crippen LogP contribution in [0.15, 0.2) is 0 Å². The van der Waals surface area contributed by atoms with E-state index in [-0.39, 0.29) is 13.1 Å². The molecule has 0 aromatic carbocycles. The third kappa shape index (κ3) is 9.96. The zero-order valence-electron chi connectivity index (χ0n) is 12.8. The third-order valence-corrected chi connectivity index (χ3v) is 8.23. The molecule has 1 aliphatic rings. The molecule has 0 N–H and O–H groups in total. The summed E-state index contributed by atoms with van der Waals surface area (Å²) >= 11 is 58.8. The van der Waals surface area contributed by atoms with Crippen molar-refractivity contribution >= 4 is 122 Å². The van der Waals surface area contributed by atoms with Crippen molar-refractivity contribution in [1.82, 2.24) is 4.67 Å². The first-order valence-corrected chi connectivity index (χ1v) is 13.0. The van der Waals surface area contributed by atoms with Crippen molar-refractivity contribution in [1.29, 1.82) is 0 Å². The van der Waals surface area contributed by atoms with Gasteiger partial charge < -0.3 is 0 Å². The normalized spacial score (nSPS) is 20.0. The van der Waals surface area contributed by atoms with E-state index in [1.807, 2.05) is 0 Å². The minimum atomic E-state index is -4.76. The zero-order chi connectivity index (χ0) is 20.3. The van der Waals surface area contributed by atoms with Crippen LogP contribution < -0.4 is 0 Å². The van der Waals surface area contributed by atoms with Crippen LogP contribution in [0.5, 0.6) is 0 Å². The van der Waals surface area contributed by atoms with E-state index in [1.54, 1.807) is 0 Å². The van der Waals surface area contributed by atoms with Crippen LogP contribution in [-0.4, -0.2) is 62.2 Å². The molecule has 5 nitrogen and oxygen atoms in total. The quantitative estimate of drug-likeness (QED) is 0.237. The van der Waals surface area contributed by atoms with Crippen molar-refractivity contribution in [2.24, 2.45) is 0 Å². The van der Waals surface area contributed by atoms with Gasteiger partial charge in [-0.1, -0.05) is 0 Å². The van der Waals surface area contributed by atoms with Gasteiger partial charge in [-0.2, -0.15) is 0 Å². The molecule has 1 fully saturated rings. The Bertz CT molecular complexity index is 414. The number of nitrogens with zero attached hydrogens (tertiary/aromatic N) is 1. The van der Waals surface area contributed by atoms with E-state index < -0.39 is 38.0 Å². The van der Waals surface area contributed by atoms with Crippen molar-refractivity contribution in [3.05, 3.63) is 0 Å². The van der Waals surface area contributed by atoms with Crippen LogP contribution in [0.25, 0.3) is 0 Å². The fraction of sp³-hybridized carbons (Fsp3) is 1.00. The second kappa shape index (κ2) is 10.2. The van der Waals surface area contributed by atoms with E-state index in [0.29, 0.717) is 13.2 Å². The van der Waals surface area contributed by atoms with Gasteiger partial charge in [0, 0.05) is 0 Å². The number of hydrogen-bond donors (Lipinski definition) is 0. The molecule has 0 unspecified atom stereocenters. The molecule has 0 aliphatic carbocycles. The number of hydrogen-bond acceptors (Lipinski definition) is 5. The molecule has 0 atom stereocenters. The molecule has 1 heterocycles. The minimum absolute atomic E-state index is 0.251. The van der Waals surface area contributed by atoms with Gasteiger partial charge in [-0.05, 0) is 0 Å². The van der Waals surface area contributed by atoms with Crippen LogP contribution in [0.3, 0.4) is 0 Å². The van der Waals surface area contributed by atoms with Crippen molar-refractivity contribution in [3.8, 4) is 0 Å². The maximum atomic E-state index is 6.80. The molecule has 1 rings (SSSR count). The molecule has 26 heavy (non-hydrogen) atoms. The summed E-state index contributed by atoms with van der Waals surface area (Å²) in [5.74, 6) is 0. The van der Waals surface area contributed by atoms with Crippen molar-refractivity contribution in [3.63, 3.8) is 0 Å². The Balaban J connectivity index is 3.23. The third-order valence-electron chi connectivity index (χ3n) is 2.76. The number of morpholine rings is 1. The van der Waals surface area contributed by atoms with Gasteiger partial charge in [-0.25, -0.2) is 0 Å². The van der Waals surface area contributed by atoms with Crippen LogP contribution in [0, 0.1) is 0 Å². The van der Waals surface area contributed by atoms with Gasteiger partial charge in [0.1, 0.15) is 0 Å². The number of alkyl halides is 9. The number of rotatable bonds is 7. The molecular weight excluding hydrogens is 584 g/mol. The Kier molecular flexibility index (Phi) is 10.6. The van der Waals surface area contributed by atoms with E-state index in [9.17, 15) is 0 Å². The van der Waals surface area contributed by atoms with E-state index in [2.05, 4.69) is 0 Å². The average Bonchev–Trinajstić information content (AvgIpc) is 2.49. The summed E-state index contributed by atoms with van der Waals surface area (Å²) in [4.78, 5) is 0. The van der Waals surface area contributed by atoms with Crippen LogP contribution in [-0.2, 0) is 18.3 Å². The predicted octanol–water partition coefficient (Wildman–Crippen LogP) is 6.85. The summed E-state index contributed by atoms with van der Waals surface area (Å²) in [6, 6.07) is 0. The molecule has 0 bridgehead atoms. The molecule has 1 saturated heterocycles. The summed E-state index contributed by atoms with van der Waals surface area (Å²) < 4.78 is 18.4. The maximum absolute atomic E-state index is 6.80. The number of ether oxygens (including phenoxy) is 1. The van der Waals surface area contributed by atoms with Gasteiger partial charge in [0.25, 0.3) is 0 Å². The van der Waals surface area contributed by atoms with Crippen LogP contribution in [0.2, 0.25) is 0 Å². The topological polar surface area (TPSA) is 40.2 Å². The van der Waals surface area contributed by atoms with Crippen LogP contribution >= 0.6 is 122 Å². The van der Waals surface area contributed by atoms with E-state index in [0.717, 1.165) is 0 Å². The van der Waals surface area contributed by atoms with Gasteiger partial charge >= 0.3 is 203 Å². The standard InChI is InChI=1S/C10H14Cl10NO4P/c11-8(12,13)5-23-26(20,24-6-9(14,15)16,25-7-10(17,18)19)21-1-3-22-4-2-21/h1-7H2. The monoisotopic (exact) mass is 593 g/mol. The summed E-state index contributed by atoms with van der Waals surface area (Å²) in [5, 5.41) is 0. The molecular formula is C10H14Cl10NO4P. The number of halogens is 10. The predicted molar refractivity (Wildman–Crippen MR) is 114 cm³/mol. The Hall–Kier alpha value is 3.13. The first-order chi connectivity index (χ1) is 11.5. The summed E-state index contributed by atoms with van der Waals surface area (Å²) in [7, 11) is 0. The SMILES string of the molecule is ClC(Cl)(Cl)COP(Cl)(OCC(Cl)(Cl)Cl)(OCC(Cl)(Cl)Cl)N1CCOCC1. The summed E-state index contributed by atoms with van der Waals surface area (Å²) in [6.45, 7) is -5.17. The van der Waals surface area contributed by atoms with E-state index in [4.69, 9.17) is 134 Å². The first-order valence-electron chi connectivity index (χ1n) is 6.75. The van der Waals surface area contributed by atoms with Crippen LogP contribution in [0.4, 0.5) is 0 Å². The Morgan fingerprint density at radius 1 is 0.692 bits per heavy atom. The fourth-order valence-electron chi connectivity index (χ4n) is 1.77. The second-order valence-corrected chi connectivity index (χ2v) is 17.1. The molecule has 0 amide bonds. The zero-order valence-corrected chi connectivity index (χ0v) is 21.2. The van der Waals surface area contributed by atoms with Gasteiger partial charge in [0.05, 0.1) is 0 Å².